The van der Waals surface area contributed by atoms with Gasteiger partial charge in [0.25, 0.3) is 0 Å². The van der Waals surface area contributed by atoms with Gasteiger partial charge in [-0.1, -0.05) is 18.2 Å². The van der Waals surface area contributed by atoms with E-state index in [0.717, 1.165) is 10.4 Å². The number of benzene rings is 1. The fourth-order valence-corrected chi connectivity index (χ4v) is 3.31. The van der Waals surface area contributed by atoms with Gasteiger partial charge in [0.15, 0.2) is 0 Å². The third-order valence-electron chi connectivity index (χ3n) is 2.30. The van der Waals surface area contributed by atoms with Crippen LogP contribution in [0.4, 0.5) is 0 Å². The van der Waals surface area contributed by atoms with Crippen LogP contribution >= 0.6 is 11.3 Å². The first-order valence-corrected chi connectivity index (χ1v) is 7.38. The van der Waals surface area contributed by atoms with Crippen molar-refractivity contribution >= 4 is 21.4 Å². The zero-order valence-corrected chi connectivity index (χ0v) is 10.9. The molecule has 0 bridgehead atoms. The fraction of sp³-hybridized carbons (Fsp3) is 0.182. The van der Waals surface area contributed by atoms with Crippen LogP contribution in [0, 0.1) is 6.92 Å². The normalized spacial score (nSPS) is 11.6. The van der Waals surface area contributed by atoms with Gasteiger partial charge >= 0.3 is 0 Å². The topological polar surface area (TPSA) is 59.1 Å². The summed E-state index contributed by atoms with van der Waals surface area (Å²) in [5.74, 6) is 0. The number of hydrogen-bond acceptors (Lipinski definition) is 4. The maximum Gasteiger partial charge on any atom is 0.241 e. The Hall–Kier alpha value is -1.24. The lowest BCUT2D eigenvalue weighted by Crippen LogP contribution is -2.23. The Balaban J connectivity index is 2.17. The molecule has 0 unspecified atom stereocenters. The van der Waals surface area contributed by atoms with Crippen LogP contribution < -0.4 is 4.72 Å². The lowest BCUT2D eigenvalue weighted by Gasteiger charge is -2.07. The first kappa shape index (κ1) is 12.2. The maximum absolute atomic E-state index is 12.0. The minimum atomic E-state index is -3.44. The minimum absolute atomic E-state index is 0.279. The predicted molar refractivity (Wildman–Crippen MR) is 67.3 cm³/mol. The molecule has 0 radical (unpaired) electrons. The van der Waals surface area contributed by atoms with Gasteiger partial charge in [-0.05, 0) is 18.6 Å². The third-order valence-corrected chi connectivity index (χ3v) is 4.64. The number of aryl methyl sites for hydroxylation is 1. The molecule has 1 aromatic heterocycles. The molecular weight excluding hydrogens is 256 g/mol. The molecule has 6 heteroatoms. The highest BCUT2D eigenvalue weighted by molar-refractivity contribution is 7.89. The molecule has 0 aliphatic rings. The van der Waals surface area contributed by atoms with Crippen LogP contribution in [0.25, 0.3) is 0 Å². The van der Waals surface area contributed by atoms with E-state index in [1.165, 1.54) is 11.3 Å². The average Bonchev–Trinajstić information content (AvgIpc) is 2.80. The molecule has 0 atom stereocenters. The summed E-state index contributed by atoms with van der Waals surface area (Å²) in [6.45, 7) is 2.06. The number of rotatable bonds is 4. The van der Waals surface area contributed by atoms with Gasteiger partial charge in [-0.2, -0.15) is 0 Å². The Morgan fingerprint density at radius 2 is 2.12 bits per heavy atom. The summed E-state index contributed by atoms with van der Waals surface area (Å²) < 4.78 is 26.6. The molecule has 0 fully saturated rings. The van der Waals surface area contributed by atoms with Crippen molar-refractivity contribution in [3.05, 3.63) is 46.4 Å². The quantitative estimate of drug-likeness (QED) is 0.921. The summed E-state index contributed by atoms with van der Waals surface area (Å²) in [7, 11) is -3.44. The van der Waals surface area contributed by atoms with Crippen molar-refractivity contribution in [2.75, 3.05) is 0 Å². The van der Waals surface area contributed by atoms with Gasteiger partial charge < -0.3 is 0 Å². The molecule has 1 heterocycles. The van der Waals surface area contributed by atoms with Crippen LogP contribution in [0.5, 0.6) is 0 Å². The highest BCUT2D eigenvalue weighted by Crippen LogP contribution is 2.14. The lowest BCUT2D eigenvalue weighted by molar-refractivity contribution is 0.581. The number of nitrogens with one attached hydrogen (secondary N) is 1. The van der Waals surface area contributed by atoms with E-state index >= 15 is 0 Å². The standard InChI is InChI=1S/C11H12N2O2S2/c1-9-4-2-3-5-11(9)17(14,15)13-7-10-6-12-8-16-10/h2-6,8,13H,7H2,1H3. The summed E-state index contributed by atoms with van der Waals surface area (Å²) in [6.07, 6.45) is 1.66. The van der Waals surface area contributed by atoms with E-state index in [2.05, 4.69) is 9.71 Å². The molecule has 2 rings (SSSR count). The second-order valence-corrected chi connectivity index (χ2v) is 6.26. The zero-order valence-electron chi connectivity index (χ0n) is 9.25. The monoisotopic (exact) mass is 268 g/mol. The number of sulfonamides is 1. The first-order chi connectivity index (χ1) is 8.09. The number of hydrogen-bond donors (Lipinski definition) is 1. The number of nitrogens with zero attached hydrogens (tertiary/aromatic N) is 1. The molecule has 0 saturated carbocycles. The zero-order chi connectivity index (χ0) is 12.3. The molecule has 1 aromatic carbocycles. The summed E-state index contributed by atoms with van der Waals surface area (Å²) in [5, 5.41) is 0. The molecule has 0 aliphatic carbocycles. The van der Waals surface area contributed by atoms with Crippen molar-refractivity contribution in [3.63, 3.8) is 0 Å². The van der Waals surface area contributed by atoms with Gasteiger partial charge in [0.05, 0.1) is 10.4 Å². The van der Waals surface area contributed by atoms with E-state index in [9.17, 15) is 8.42 Å². The third kappa shape index (κ3) is 2.91. The van der Waals surface area contributed by atoms with Crippen LogP contribution in [-0.4, -0.2) is 13.4 Å². The van der Waals surface area contributed by atoms with E-state index in [0.29, 0.717) is 4.90 Å². The maximum atomic E-state index is 12.0. The van der Waals surface area contributed by atoms with Crippen molar-refractivity contribution in [3.8, 4) is 0 Å². The minimum Gasteiger partial charge on any atom is -0.253 e. The molecular formula is C11H12N2O2S2. The second-order valence-electron chi connectivity index (χ2n) is 3.56. The summed E-state index contributed by atoms with van der Waals surface area (Å²) in [5.41, 5.74) is 2.42. The Morgan fingerprint density at radius 3 is 2.76 bits per heavy atom. The van der Waals surface area contributed by atoms with Crippen LogP contribution in [0.2, 0.25) is 0 Å². The first-order valence-electron chi connectivity index (χ1n) is 5.02. The Labute approximate surface area is 104 Å². The smallest absolute Gasteiger partial charge is 0.241 e. The van der Waals surface area contributed by atoms with Crippen molar-refractivity contribution < 1.29 is 8.42 Å². The Bertz CT molecular complexity index is 592. The Morgan fingerprint density at radius 1 is 1.35 bits per heavy atom. The van der Waals surface area contributed by atoms with Crippen LogP contribution in [0.15, 0.2) is 40.9 Å². The van der Waals surface area contributed by atoms with Crippen LogP contribution in [0.3, 0.4) is 0 Å². The van der Waals surface area contributed by atoms with E-state index in [1.807, 2.05) is 6.07 Å². The van der Waals surface area contributed by atoms with Crippen molar-refractivity contribution in [1.82, 2.24) is 9.71 Å². The molecule has 0 spiro atoms. The van der Waals surface area contributed by atoms with E-state index in [-0.39, 0.29) is 6.54 Å². The van der Waals surface area contributed by atoms with Gasteiger partial charge in [-0.25, -0.2) is 13.1 Å². The molecule has 4 nitrogen and oxygen atoms in total. The van der Waals surface area contributed by atoms with E-state index in [1.54, 1.807) is 36.8 Å². The molecule has 17 heavy (non-hydrogen) atoms. The van der Waals surface area contributed by atoms with E-state index < -0.39 is 10.0 Å². The van der Waals surface area contributed by atoms with Crippen molar-refractivity contribution in [2.45, 2.75) is 18.4 Å². The number of thiazole rings is 1. The molecule has 2 aromatic rings. The van der Waals surface area contributed by atoms with Gasteiger partial charge in [0.2, 0.25) is 10.0 Å². The summed E-state index contributed by atoms with van der Waals surface area (Å²) in [4.78, 5) is 5.11. The molecule has 0 aliphatic heterocycles. The SMILES string of the molecule is Cc1ccccc1S(=O)(=O)NCc1cncs1. The van der Waals surface area contributed by atoms with Crippen molar-refractivity contribution in [1.29, 1.82) is 0 Å². The molecule has 1 N–H and O–H groups in total. The lowest BCUT2D eigenvalue weighted by atomic mass is 10.2. The summed E-state index contributed by atoms with van der Waals surface area (Å²) >= 11 is 1.42. The van der Waals surface area contributed by atoms with Crippen LogP contribution in [-0.2, 0) is 16.6 Å². The average molecular weight is 268 g/mol. The van der Waals surface area contributed by atoms with Gasteiger partial charge in [0, 0.05) is 17.6 Å². The number of aromatic nitrogens is 1. The van der Waals surface area contributed by atoms with Crippen molar-refractivity contribution in [2.24, 2.45) is 0 Å². The van der Waals surface area contributed by atoms with Gasteiger partial charge in [-0.3, -0.25) is 4.98 Å². The van der Waals surface area contributed by atoms with E-state index in [4.69, 9.17) is 0 Å². The molecule has 0 saturated heterocycles. The Kier molecular flexibility index (Phi) is 3.56. The highest BCUT2D eigenvalue weighted by Gasteiger charge is 2.15. The van der Waals surface area contributed by atoms with Gasteiger partial charge in [-0.15, -0.1) is 11.3 Å². The molecule has 90 valence electrons. The second kappa shape index (κ2) is 4.95. The summed E-state index contributed by atoms with van der Waals surface area (Å²) in [6, 6.07) is 6.91. The van der Waals surface area contributed by atoms with Crippen LogP contribution in [0.1, 0.15) is 10.4 Å². The fourth-order valence-electron chi connectivity index (χ4n) is 1.43. The highest BCUT2D eigenvalue weighted by atomic mass is 32.2. The molecule has 0 amide bonds. The largest absolute Gasteiger partial charge is 0.253 e. The van der Waals surface area contributed by atoms with Gasteiger partial charge in [0.1, 0.15) is 0 Å². The predicted octanol–water partition coefficient (Wildman–Crippen LogP) is 1.93.